The SMILES string of the molecule is CNC(CCC1CCCO1)CCC(C)(C)C. The summed E-state index contributed by atoms with van der Waals surface area (Å²) >= 11 is 0. The van der Waals surface area contributed by atoms with Crippen molar-refractivity contribution in [2.45, 2.75) is 71.4 Å². The van der Waals surface area contributed by atoms with Gasteiger partial charge in [0.2, 0.25) is 0 Å². The van der Waals surface area contributed by atoms with Crippen molar-refractivity contribution in [1.29, 1.82) is 0 Å². The molecule has 0 aliphatic carbocycles. The Bertz CT molecular complexity index is 180. The van der Waals surface area contributed by atoms with Gasteiger partial charge in [0.1, 0.15) is 0 Å². The number of hydrogen-bond acceptors (Lipinski definition) is 2. The molecule has 0 amide bonds. The van der Waals surface area contributed by atoms with Gasteiger partial charge in [0.15, 0.2) is 0 Å². The third kappa shape index (κ3) is 5.86. The topological polar surface area (TPSA) is 21.3 Å². The Hall–Kier alpha value is -0.0800. The van der Waals surface area contributed by atoms with Crippen molar-refractivity contribution < 1.29 is 4.74 Å². The van der Waals surface area contributed by atoms with Gasteiger partial charge >= 0.3 is 0 Å². The van der Waals surface area contributed by atoms with E-state index in [1.54, 1.807) is 0 Å². The molecule has 2 nitrogen and oxygen atoms in total. The number of nitrogens with one attached hydrogen (secondary N) is 1. The average molecular weight is 227 g/mol. The molecule has 1 N–H and O–H groups in total. The molecule has 16 heavy (non-hydrogen) atoms. The van der Waals surface area contributed by atoms with Gasteiger partial charge < -0.3 is 10.1 Å². The van der Waals surface area contributed by atoms with Gasteiger partial charge in [0, 0.05) is 12.6 Å². The second-order valence-corrected chi connectivity index (χ2v) is 6.30. The smallest absolute Gasteiger partial charge is 0.0576 e. The zero-order valence-electron chi connectivity index (χ0n) is 11.5. The second kappa shape index (κ2) is 6.61. The van der Waals surface area contributed by atoms with Gasteiger partial charge in [-0.05, 0) is 51.0 Å². The molecule has 2 heteroatoms. The Balaban J connectivity index is 2.15. The summed E-state index contributed by atoms with van der Waals surface area (Å²) in [5.41, 5.74) is 0.457. The number of rotatable bonds is 6. The number of hydrogen-bond donors (Lipinski definition) is 1. The molecule has 1 aliphatic heterocycles. The first kappa shape index (κ1) is 14.0. The van der Waals surface area contributed by atoms with E-state index in [4.69, 9.17) is 4.74 Å². The van der Waals surface area contributed by atoms with Crippen molar-refractivity contribution in [3.8, 4) is 0 Å². The first-order valence-electron chi connectivity index (χ1n) is 6.80. The Labute approximate surface area is 101 Å². The molecule has 0 aromatic carbocycles. The molecule has 1 rings (SSSR count). The van der Waals surface area contributed by atoms with Gasteiger partial charge in [-0.2, -0.15) is 0 Å². The molecule has 0 radical (unpaired) electrons. The standard InChI is InChI=1S/C14H29NO/c1-14(2,3)10-9-12(15-4)7-8-13-6-5-11-16-13/h12-13,15H,5-11H2,1-4H3. The predicted octanol–water partition coefficient (Wildman–Crippen LogP) is 3.36. The summed E-state index contributed by atoms with van der Waals surface area (Å²) in [5.74, 6) is 0. The van der Waals surface area contributed by atoms with E-state index in [9.17, 15) is 0 Å². The van der Waals surface area contributed by atoms with Crippen LogP contribution in [-0.4, -0.2) is 25.8 Å². The molecule has 0 aromatic rings. The summed E-state index contributed by atoms with van der Waals surface area (Å²) in [7, 11) is 2.09. The quantitative estimate of drug-likeness (QED) is 0.751. The molecular weight excluding hydrogens is 198 g/mol. The lowest BCUT2D eigenvalue weighted by Gasteiger charge is -2.23. The minimum atomic E-state index is 0.457. The Morgan fingerprint density at radius 1 is 1.31 bits per heavy atom. The van der Waals surface area contributed by atoms with Crippen molar-refractivity contribution in [2.75, 3.05) is 13.7 Å². The summed E-state index contributed by atoms with van der Waals surface area (Å²) in [5, 5.41) is 3.44. The molecule has 0 spiro atoms. The summed E-state index contributed by atoms with van der Waals surface area (Å²) < 4.78 is 5.67. The van der Waals surface area contributed by atoms with E-state index in [0.717, 1.165) is 6.61 Å². The first-order valence-corrected chi connectivity index (χ1v) is 6.80. The molecule has 1 heterocycles. The first-order chi connectivity index (χ1) is 7.51. The highest BCUT2D eigenvalue weighted by Gasteiger charge is 2.18. The van der Waals surface area contributed by atoms with E-state index >= 15 is 0 Å². The van der Waals surface area contributed by atoms with Crippen molar-refractivity contribution in [2.24, 2.45) is 5.41 Å². The van der Waals surface area contributed by atoms with Crippen molar-refractivity contribution in [1.82, 2.24) is 5.32 Å². The van der Waals surface area contributed by atoms with Gasteiger partial charge in [0.05, 0.1) is 6.10 Å². The molecule has 96 valence electrons. The van der Waals surface area contributed by atoms with Crippen molar-refractivity contribution >= 4 is 0 Å². The van der Waals surface area contributed by atoms with Crippen LogP contribution in [0.2, 0.25) is 0 Å². The average Bonchev–Trinajstić information content (AvgIpc) is 2.69. The molecule has 1 saturated heterocycles. The fraction of sp³-hybridized carbons (Fsp3) is 1.00. The van der Waals surface area contributed by atoms with E-state index in [0.29, 0.717) is 17.6 Å². The maximum Gasteiger partial charge on any atom is 0.0576 e. The van der Waals surface area contributed by atoms with Gasteiger partial charge in [0.25, 0.3) is 0 Å². The zero-order chi connectivity index (χ0) is 12.0. The Morgan fingerprint density at radius 3 is 2.56 bits per heavy atom. The molecular formula is C14H29NO. The summed E-state index contributed by atoms with van der Waals surface area (Å²) in [6, 6.07) is 0.670. The lowest BCUT2D eigenvalue weighted by Crippen LogP contribution is -2.28. The Kier molecular flexibility index (Phi) is 5.77. The van der Waals surface area contributed by atoms with Crippen molar-refractivity contribution in [3.63, 3.8) is 0 Å². The van der Waals surface area contributed by atoms with Crippen LogP contribution >= 0.6 is 0 Å². The monoisotopic (exact) mass is 227 g/mol. The van der Waals surface area contributed by atoms with E-state index in [1.807, 2.05) is 0 Å². The van der Waals surface area contributed by atoms with Crippen LogP contribution in [0.1, 0.15) is 59.3 Å². The van der Waals surface area contributed by atoms with Gasteiger partial charge in [-0.1, -0.05) is 20.8 Å². The predicted molar refractivity (Wildman–Crippen MR) is 69.7 cm³/mol. The highest BCUT2D eigenvalue weighted by Crippen LogP contribution is 2.24. The summed E-state index contributed by atoms with van der Waals surface area (Å²) in [6.45, 7) is 7.94. The number of ether oxygens (including phenoxy) is 1. The minimum absolute atomic E-state index is 0.457. The van der Waals surface area contributed by atoms with Crippen LogP contribution in [0.5, 0.6) is 0 Å². The fourth-order valence-corrected chi connectivity index (χ4v) is 2.30. The summed E-state index contributed by atoms with van der Waals surface area (Å²) in [6.07, 6.45) is 8.15. The Morgan fingerprint density at radius 2 is 2.06 bits per heavy atom. The second-order valence-electron chi connectivity index (χ2n) is 6.30. The third-order valence-corrected chi connectivity index (χ3v) is 3.51. The van der Waals surface area contributed by atoms with Crippen LogP contribution in [0, 0.1) is 5.41 Å². The van der Waals surface area contributed by atoms with Crippen LogP contribution in [0.3, 0.4) is 0 Å². The lowest BCUT2D eigenvalue weighted by molar-refractivity contribution is 0.0991. The maximum absolute atomic E-state index is 5.67. The maximum atomic E-state index is 5.67. The van der Waals surface area contributed by atoms with Gasteiger partial charge in [-0.3, -0.25) is 0 Å². The molecule has 2 atom stereocenters. The normalized spacial score (nSPS) is 23.6. The third-order valence-electron chi connectivity index (χ3n) is 3.51. The molecule has 1 aliphatic rings. The van der Waals surface area contributed by atoms with Crippen LogP contribution in [0.25, 0.3) is 0 Å². The lowest BCUT2D eigenvalue weighted by atomic mass is 9.87. The van der Waals surface area contributed by atoms with Crippen LogP contribution in [0.15, 0.2) is 0 Å². The molecule has 0 aromatic heterocycles. The van der Waals surface area contributed by atoms with Crippen LogP contribution in [0.4, 0.5) is 0 Å². The fourth-order valence-electron chi connectivity index (χ4n) is 2.30. The van der Waals surface area contributed by atoms with Gasteiger partial charge in [-0.25, -0.2) is 0 Å². The van der Waals surface area contributed by atoms with E-state index < -0.39 is 0 Å². The minimum Gasteiger partial charge on any atom is -0.378 e. The molecule has 0 bridgehead atoms. The highest BCUT2D eigenvalue weighted by atomic mass is 16.5. The summed E-state index contributed by atoms with van der Waals surface area (Å²) in [4.78, 5) is 0. The van der Waals surface area contributed by atoms with Crippen LogP contribution < -0.4 is 5.32 Å². The molecule has 1 fully saturated rings. The largest absolute Gasteiger partial charge is 0.378 e. The highest BCUT2D eigenvalue weighted by molar-refractivity contribution is 4.73. The van der Waals surface area contributed by atoms with E-state index in [1.165, 1.54) is 38.5 Å². The van der Waals surface area contributed by atoms with Crippen molar-refractivity contribution in [3.05, 3.63) is 0 Å². The zero-order valence-corrected chi connectivity index (χ0v) is 11.5. The molecule has 2 unspecified atom stereocenters. The van der Waals surface area contributed by atoms with E-state index in [-0.39, 0.29) is 0 Å². The van der Waals surface area contributed by atoms with Crippen LogP contribution in [-0.2, 0) is 4.74 Å². The van der Waals surface area contributed by atoms with Gasteiger partial charge in [-0.15, -0.1) is 0 Å². The van der Waals surface area contributed by atoms with E-state index in [2.05, 4.69) is 33.1 Å². The molecule has 0 saturated carbocycles.